The van der Waals surface area contributed by atoms with Crippen molar-refractivity contribution in [2.45, 2.75) is 16.6 Å². The number of aromatic nitrogens is 4. The zero-order valence-electron chi connectivity index (χ0n) is 7.88. The Kier molecular flexibility index (Phi) is 3.34. The van der Waals surface area contributed by atoms with Crippen LogP contribution in [0.3, 0.4) is 0 Å². The summed E-state index contributed by atoms with van der Waals surface area (Å²) < 4.78 is 26.4. The lowest BCUT2D eigenvalue weighted by Crippen LogP contribution is -2.01. The maximum absolute atomic E-state index is 12.5. The van der Waals surface area contributed by atoms with Gasteiger partial charge in [0.25, 0.3) is 0 Å². The van der Waals surface area contributed by atoms with Gasteiger partial charge in [-0.15, -0.1) is 10.2 Å². The number of hydrogen-bond donors (Lipinski definition) is 1. The van der Waals surface area contributed by atoms with Crippen LogP contribution in [0.25, 0.3) is 0 Å². The van der Waals surface area contributed by atoms with Gasteiger partial charge in [-0.3, -0.25) is 4.57 Å². The van der Waals surface area contributed by atoms with Gasteiger partial charge in [0.15, 0.2) is 4.34 Å². The van der Waals surface area contributed by atoms with E-state index >= 15 is 0 Å². The standard InChI is InChI=1S/C7H7F2N5S2/c8-5(9)14-2-1-11-4(14)3-15-7-13-12-6(10)16-7/h1-2,5H,3H2,(H2,10,12). The molecule has 9 heteroatoms. The summed E-state index contributed by atoms with van der Waals surface area (Å²) in [6.07, 6.45) is 2.59. The summed E-state index contributed by atoms with van der Waals surface area (Å²) in [6.45, 7) is -2.57. The second-order valence-corrected chi connectivity index (χ2v) is 4.95. The van der Waals surface area contributed by atoms with Crippen LogP contribution in [0.1, 0.15) is 12.4 Å². The number of rotatable bonds is 4. The highest BCUT2D eigenvalue weighted by atomic mass is 32.2. The number of nitrogen functional groups attached to an aromatic ring is 1. The van der Waals surface area contributed by atoms with Gasteiger partial charge < -0.3 is 5.73 Å². The number of halogens is 2. The molecule has 2 N–H and O–H groups in total. The van der Waals surface area contributed by atoms with Crippen LogP contribution < -0.4 is 5.73 Å². The fraction of sp³-hybridized carbons (Fsp3) is 0.286. The number of imidazole rings is 1. The minimum atomic E-state index is -2.57. The lowest BCUT2D eigenvalue weighted by Gasteiger charge is -2.04. The van der Waals surface area contributed by atoms with Crippen molar-refractivity contribution in [3.8, 4) is 0 Å². The number of alkyl halides is 2. The molecule has 0 spiro atoms. The summed E-state index contributed by atoms with van der Waals surface area (Å²) in [5.74, 6) is 0.611. The van der Waals surface area contributed by atoms with Crippen LogP contribution in [0.15, 0.2) is 16.7 Å². The highest BCUT2D eigenvalue weighted by Gasteiger charge is 2.12. The van der Waals surface area contributed by atoms with E-state index in [0.717, 1.165) is 4.57 Å². The van der Waals surface area contributed by atoms with Crippen LogP contribution in [-0.2, 0) is 5.75 Å². The molecule has 2 rings (SSSR count). The third kappa shape index (κ3) is 2.47. The number of hydrogen-bond acceptors (Lipinski definition) is 6. The van der Waals surface area contributed by atoms with E-state index in [4.69, 9.17) is 5.73 Å². The van der Waals surface area contributed by atoms with Crippen LogP contribution >= 0.6 is 23.1 Å². The highest BCUT2D eigenvalue weighted by Crippen LogP contribution is 2.27. The van der Waals surface area contributed by atoms with Crippen molar-refractivity contribution in [1.82, 2.24) is 19.7 Å². The van der Waals surface area contributed by atoms with Crippen molar-refractivity contribution in [2.24, 2.45) is 0 Å². The van der Waals surface area contributed by atoms with Crippen LogP contribution in [0.5, 0.6) is 0 Å². The Balaban J connectivity index is 2.02. The zero-order valence-corrected chi connectivity index (χ0v) is 9.51. The SMILES string of the molecule is Nc1nnc(SCc2nccn2C(F)F)s1. The van der Waals surface area contributed by atoms with E-state index in [-0.39, 0.29) is 0 Å². The Morgan fingerprint density at radius 2 is 2.31 bits per heavy atom. The van der Waals surface area contributed by atoms with Crippen LogP contribution in [-0.4, -0.2) is 19.7 Å². The largest absolute Gasteiger partial charge is 0.374 e. The Bertz CT molecular complexity index is 469. The zero-order chi connectivity index (χ0) is 11.5. The summed E-state index contributed by atoms with van der Waals surface area (Å²) in [5, 5.41) is 7.76. The van der Waals surface area contributed by atoms with Gasteiger partial charge in [0.1, 0.15) is 5.82 Å². The number of anilines is 1. The van der Waals surface area contributed by atoms with Gasteiger partial charge in [-0.2, -0.15) is 8.78 Å². The van der Waals surface area contributed by atoms with Crippen molar-refractivity contribution in [3.63, 3.8) is 0 Å². The quantitative estimate of drug-likeness (QED) is 0.854. The van der Waals surface area contributed by atoms with Crippen LogP contribution in [0, 0.1) is 0 Å². The van der Waals surface area contributed by atoms with Crippen LogP contribution in [0.4, 0.5) is 13.9 Å². The molecule has 2 aromatic rings. The van der Waals surface area contributed by atoms with E-state index in [1.165, 1.54) is 35.5 Å². The molecule has 0 amide bonds. The minimum absolute atomic E-state index is 0.300. The predicted octanol–water partition coefficient (Wildman–Crippen LogP) is 2.00. The van der Waals surface area contributed by atoms with Gasteiger partial charge in [0.2, 0.25) is 5.13 Å². The van der Waals surface area contributed by atoms with Crippen LogP contribution in [0.2, 0.25) is 0 Å². The summed E-state index contributed by atoms with van der Waals surface area (Å²) in [4.78, 5) is 3.85. The maximum atomic E-state index is 12.5. The Morgan fingerprint density at radius 1 is 1.50 bits per heavy atom. The number of nitrogens with zero attached hydrogens (tertiary/aromatic N) is 4. The van der Waals surface area contributed by atoms with E-state index in [0.29, 0.717) is 21.0 Å². The van der Waals surface area contributed by atoms with Crippen molar-refractivity contribution < 1.29 is 8.78 Å². The van der Waals surface area contributed by atoms with E-state index < -0.39 is 6.55 Å². The van der Waals surface area contributed by atoms with E-state index in [1.807, 2.05) is 0 Å². The van der Waals surface area contributed by atoms with Gasteiger partial charge in [-0.05, 0) is 0 Å². The second kappa shape index (κ2) is 4.74. The summed E-state index contributed by atoms with van der Waals surface area (Å²) in [5.41, 5.74) is 5.40. The molecule has 0 unspecified atom stereocenters. The molecular formula is C7H7F2N5S2. The van der Waals surface area contributed by atoms with Crippen molar-refractivity contribution in [2.75, 3.05) is 5.73 Å². The molecule has 5 nitrogen and oxygen atoms in total. The predicted molar refractivity (Wildman–Crippen MR) is 57.4 cm³/mol. The Hall–Kier alpha value is -1.22. The fourth-order valence-electron chi connectivity index (χ4n) is 1.04. The minimum Gasteiger partial charge on any atom is -0.374 e. The third-order valence-electron chi connectivity index (χ3n) is 1.71. The first-order valence-electron chi connectivity index (χ1n) is 4.18. The van der Waals surface area contributed by atoms with E-state index in [1.54, 1.807) is 0 Å². The monoisotopic (exact) mass is 263 g/mol. The molecule has 2 heterocycles. The summed E-state index contributed by atoms with van der Waals surface area (Å²) >= 11 is 2.50. The molecule has 0 saturated carbocycles. The molecule has 0 aliphatic rings. The normalized spacial score (nSPS) is 11.2. The van der Waals surface area contributed by atoms with Gasteiger partial charge in [-0.25, -0.2) is 4.98 Å². The first kappa shape index (κ1) is 11.3. The molecule has 0 atom stereocenters. The molecule has 0 aliphatic carbocycles. The third-order valence-corrected chi connectivity index (χ3v) is 3.59. The average Bonchev–Trinajstić information content (AvgIpc) is 2.83. The molecule has 2 aromatic heterocycles. The Labute approximate surface area is 97.7 Å². The topological polar surface area (TPSA) is 69.6 Å². The first-order valence-corrected chi connectivity index (χ1v) is 5.98. The highest BCUT2D eigenvalue weighted by molar-refractivity contribution is 8.00. The van der Waals surface area contributed by atoms with Gasteiger partial charge in [0, 0.05) is 12.4 Å². The smallest absolute Gasteiger partial charge is 0.319 e. The number of thioether (sulfide) groups is 1. The maximum Gasteiger partial charge on any atom is 0.319 e. The molecule has 16 heavy (non-hydrogen) atoms. The van der Waals surface area contributed by atoms with Gasteiger partial charge in [0.05, 0.1) is 5.75 Å². The molecule has 0 saturated heterocycles. The summed E-state index contributed by atoms with van der Waals surface area (Å²) in [7, 11) is 0. The molecular weight excluding hydrogens is 256 g/mol. The Morgan fingerprint density at radius 3 is 2.94 bits per heavy atom. The molecule has 0 aliphatic heterocycles. The molecule has 0 radical (unpaired) electrons. The molecule has 0 aromatic carbocycles. The van der Waals surface area contributed by atoms with Gasteiger partial charge in [-0.1, -0.05) is 23.1 Å². The van der Waals surface area contributed by atoms with Gasteiger partial charge >= 0.3 is 6.55 Å². The molecule has 0 fully saturated rings. The lowest BCUT2D eigenvalue weighted by molar-refractivity contribution is 0.0678. The van der Waals surface area contributed by atoms with E-state index in [2.05, 4.69) is 15.2 Å². The van der Waals surface area contributed by atoms with Crippen molar-refractivity contribution >= 4 is 28.2 Å². The fourth-order valence-corrected chi connectivity index (χ4v) is 2.62. The summed E-state index contributed by atoms with van der Waals surface area (Å²) in [6, 6.07) is 0. The lowest BCUT2D eigenvalue weighted by atomic mass is 10.7. The molecule has 0 bridgehead atoms. The number of nitrogens with two attached hydrogens (primary N) is 1. The second-order valence-electron chi connectivity index (χ2n) is 2.72. The first-order chi connectivity index (χ1) is 7.66. The van der Waals surface area contributed by atoms with Crippen molar-refractivity contribution in [3.05, 3.63) is 18.2 Å². The van der Waals surface area contributed by atoms with E-state index in [9.17, 15) is 8.78 Å². The van der Waals surface area contributed by atoms with Crippen molar-refractivity contribution in [1.29, 1.82) is 0 Å². The average molecular weight is 263 g/mol. The molecule has 86 valence electrons.